The van der Waals surface area contributed by atoms with Crippen LogP contribution in [0.3, 0.4) is 0 Å². The Morgan fingerprint density at radius 2 is 1.78 bits per heavy atom. The molecule has 1 aromatic carbocycles. The van der Waals surface area contributed by atoms with Crippen molar-refractivity contribution in [3.63, 3.8) is 0 Å². The highest BCUT2D eigenvalue weighted by molar-refractivity contribution is 6.45. The molecule has 1 aliphatic heterocycles. The molecule has 1 heterocycles. The molecule has 1 saturated carbocycles. The van der Waals surface area contributed by atoms with Crippen LogP contribution in [-0.2, 0) is 14.1 Å². The lowest BCUT2D eigenvalue weighted by molar-refractivity contribution is -0.119. The number of benzene rings is 1. The van der Waals surface area contributed by atoms with Gasteiger partial charge in [-0.2, -0.15) is 0 Å². The van der Waals surface area contributed by atoms with Crippen LogP contribution in [-0.4, -0.2) is 44.1 Å². The Bertz CT molecular complexity index is 776. The number of halogens is 2. The van der Waals surface area contributed by atoms with Gasteiger partial charge in [-0.3, -0.25) is 9.59 Å². The Morgan fingerprint density at radius 1 is 1.09 bits per heavy atom. The summed E-state index contributed by atoms with van der Waals surface area (Å²) in [4.78, 5) is 24.2. The Labute approximate surface area is 202 Å². The second-order valence-electron chi connectivity index (χ2n) is 9.39. The van der Waals surface area contributed by atoms with Crippen molar-refractivity contribution in [1.29, 1.82) is 0 Å². The lowest BCUT2D eigenvalue weighted by Gasteiger charge is -2.34. The van der Waals surface area contributed by atoms with Gasteiger partial charge in [-0.15, -0.1) is 0 Å². The average Bonchev–Trinajstić information content (AvgIpc) is 3.14. The summed E-state index contributed by atoms with van der Waals surface area (Å²) in [5.74, 6) is 1.08. The van der Waals surface area contributed by atoms with Crippen LogP contribution in [0.2, 0.25) is 10.0 Å². The van der Waals surface area contributed by atoms with Crippen LogP contribution >= 0.6 is 23.2 Å². The molecule has 178 valence electrons. The van der Waals surface area contributed by atoms with Gasteiger partial charge in [-0.25, -0.2) is 0 Å². The fourth-order valence-electron chi connectivity index (χ4n) is 3.89. The van der Waals surface area contributed by atoms with Gasteiger partial charge in [-0.1, -0.05) is 64.2 Å². The number of hydrogen-bond acceptors (Lipinski definition) is 4. The van der Waals surface area contributed by atoms with Crippen molar-refractivity contribution in [3.8, 4) is 0 Å². The number of amides is 2. The number of fused-ring (bicyclic) bond motifs is 1. The zero-order chi connectivity index (χ0) is 23.8. The second-order valence-corrected chi connectivity index (χ2v) is 10.2. The number of nitrogens with one attached hydrogen (secondary N) is 2. The van der Waals surface area contributed by atoms with Crippen LogP contribution < -0.4 is 10.6 Å². The molecule has 2 amide bonds. The van der Waals surface area contributed by atoms with Gasteiger partial charge in [0.25, 0.3) is 5.91 Å². The van der Waals surface area contributed by atoms with E-state index >= 15 is 0 Å². The number of carbonyl (C=O) groups excluding carboxylic acids is 2. The summed E-state index contributed by atoms with van der Waals surface area (Å²) < 4.78 is 12.0. The molecule has 3 atom stereocenters. The molecule has 2 fully saturated rings. The zero-order valence-electron chi connectivity index (χ0n) is 19.6. The molecule has 0 radical (unpaired) electrons. The van der Waals surface area contributed by atoms with Crippen LogP contribution in [0.4, 0.5) is 0 Å². The minimum atomic E-state index is -0.457. The molecule has 32 heavy (non-hydrogen) atoms. The minimum absolute atomic E-state index is 0.0975. The highest BCUT2D eigenvalue weighted by Gasteiger charge is 2.45. The van der Waals surface area contributed by atoms with Crippen LogP contribution in [0.25, 0.3) is 0 Å². The standard InChI is InChI=1S/C19H25BCl2N2O4.C4H10/c1-11(2)13-4-3-5-16-18(13)28-20(27-16)10-24-17(25)9-23-19(26)14-8-12(21)6-7-15(14)22;1-4(2)3/h6-8,11,13,16,18H,3-5,9-10H2,1-2H3,(H,23,26)(H,24,25);4H,1-3H3/t13-,16?,18?;/m0./s1. The number of carbonyl (C=O) groups is 2. The summed E-state index contributed by atoms with van der Waals surface area (Å²) in [6.45, 7) is 10.7. The van der Waals surface area contributed by atoms with E-state index < -0.39 is 13.0 Å². The smallest absolute Gasteiger partial charge is 0.405 e. The molecule has 0 bridgehead atoms. The molecule has 2 unspecified atom stereocenters. The van der Waals surface area contributed by atoms with Gasteiger partial charge >= 0.3 is 7.12 Å². The average molecular weight is 485 g/mol. The van der Waals surface area contributed by atoms with Crippen molar-refractivity contribution < 1.29 is 18.9 Å². The van der Waals surface area contributed by atoms with E-state index in [1.165, 1.54) is 12.1 Å². The van der Waals surface area contributed by atoms with E-state index in [-0.39, 0.29) is 41.7 Å². The second kappa shape index (κ2) is 12.8. The summed E-state index contributed by atoms with van der Waals surface area (Å²) in [6.07, 6.45) is 3.75. The molecular weight excluding hydrogens is 450 g/mol. The lowest BCUT2D eigenvalue weighted by Crippen LogP contribution is -2.42. The third-order valence-corrected chi connectivity index (χ3v) is 5.92. The van der Waals surface area contributed by atoms with E-state index in [0.717, 1.165) is 25.2 Å². The molecule has 2 N–H and O–H groups in total. The molecule has 2 aliphatic rings. The normalized spacial score (nSPS) is 22.3. The van der Waals surface area contributed by atoms with E-state index in [1.54, 1.807) is 6.07 Å². The van der Waals surface area contributed by atoms with Crippen molar-refractivity contribution in [3.05, 3.63) is 33.8 Å². The zero-order valence-corrected chi connectivity index (χ0v) is 21.1. The maximum Gasteiger partial charge on any atom is 0.478 e. The van der Waals surface area contributed by atoms with Gasteiger partial charge in [0.05, 0.1) is 35.8 Å². The molecule has 1 saturated heterocycles. The van der Waals surface area contributed by atoms with E-state index in [9.17, 15) is 9.59 Å². The van der Waals surface area contributed by atoms with E-state index in [4.69, 9.17) is 32.5 Å². The predicted octanol–water partition coefficient (Wildman–Crippen LogP) is 4.77. The molecular formula is C23H35BCl2N2O4. The van der Waals surface area contributed by atoms with Gasteiger partial charge in [-0.05, 0) is 48.8 Å². The first kappa shape index (κ1) is 27.0. The Hall–Kier alpha value is -1.28. The van der Waals surface area contributed by atoms with Crippen molar-refractivity contribution in [2.75, 3.05) is 13.0 Å². The molecule has 9 heteroatoms. The minimum Gasteiger partial charge on any atom is -0.405 e. The Balaban J connectivity index is 0.000000837. The maximum absolute atomic E-state index is 12.2. The fourth-order valence-corrected chi connectivity index (χ4v) is 4.27. The van der Waals surface area contributed by atoms with E-state index in [0.29, 0.717) is 16.9 Å². The number of hydrogen-bond donors (Lipinski definition) is 2. The lowest BCUT2D eigenvalue weighted by atomic mass is 9.78. The van der Waals surface area contributed by atoms with Gasteiger partial charge < -0.3 is 19.9 Å². The summed E-state index contributed by atoms with van der Waals surface area (Å²) in [5, 5.41) is 5.96. The molecule has 1 aromatic rings. The molecule has 0 spiro atoms. The van der Waals surface area contributed by atoms with Crippen molar-refractivity contribution >= 4 is 42.1 Å². The van der Waals surface area contributed by atoms with Gasteiger partial charge in [0.2, 0.25) is 5.91 Å². The third kappa shape index (κ3) is 8.25. The third-order valence-electron chi connectivity index (χ3n) is 5.35. The SMILES string of the molecule is CC(C)C.CC(C)[C@@H]1CCCC2OB(CNC(=O)CNC(=O)c3cc(Cl)ccc3Cl)OC21. The predicted molar refractivity (Wildman–Crippen MR) is 130 cm³/mol. The van der Waals surface area contributed by atoms with E-state index in [1.807, 2.05) is 0 Å². The first-order valence-electron chi connectivity index (χ1n) is 11.4. The first-order valence-corrected chi connectivity index (χ1v) is 12.1. The largest absolute Gasteiger partial charge is 0.478 e. The summed E-state index contributed by atoms with van der Waals surface area (Å²) in [7, 11) is -0.448. The van der Waals surface area contributed by atoms with Gasteiger partial charge in [0, 0.05) is 5.02 Å². The molecule has 3 rings (SSSR count). The van der Waals surface area contributed by atoms with Crippen molar-refractivity contribution in [2.45, 2.75) is 66.1 Å². The Kier molecular flexibility index (Phi) is 10.8. The highest BCUT2D eigenvalue weighted by atomic mass is 35.5. The van der Waals surface area contributed by atoms with Crippen molar-refractivity contribution in [1.82, 2.24) is 10.6 Å². The van der Waals surface area contributed by atoms with Crippen LogP contribution in [0.5, 0.6) is 0 Å². The molecule has 1 aliphatic carbocycles. The molecule has 6 nitrogen and oxygen atoms in total. The van der Waals surface area contributed by atoms with Crippen LogP contribution in [0.15, 0.2) is 18.2 Å². The maximum atomic E-state index is 12.2. The van der Waals surface area contributed by atoms with Crippen molar-refractivity contribution in [2.24, 2.45) is 17.8 Å². The summed E-state index contributed by atoms with van der Waals surface area (Å²) in [6, 6.07) is 4.60. The summed E-state index contributed by atoms with van der Waals surface area (Å²) in [5.41, 5.74) is 0.230. The number of rotatable bonds is 6. The first-order chi connectivity index (χ1) is 15.1. The van der Waals surface area contributed by atoms with Crippen LogP contribution in [0, 0.1) is 17.8 Å². The fraction of sp³-hybridized carbons (Fsp3) is 0.652. The van der Waals surface area contributed by atoms with Gasteiger partial charge in [0.15, 0.2) is 0 Å². The topological polar surface area (TPSA) is 76.7 Å². The summed E-state index contributed by atoms with van der Waals surface area (Å²) >= 11 is 11.9. The van der Waals surface area contributed by atoms with Crippen LogP contribution in [0.1, 0.15) is 64.2 Å². The monoisotopic (exact) mass is 484 g/mol. The highest BCUT2D eigenvalue weighted by Crippen LogP contribution is 2.37. The molecule has 0 aromatic heterocycles. The quantitative estimate of drug-likeness (QED) is 0.570. The Morgan fingerprint density at radius 3 is 2.44 bits per heavy atom. The van der Waals surface area contributed by atoms with E-state index in [2.05, 4.69) is 45.3 Å². The van der Waals surface area contributed by atoms with Gasteiger partial charge in [0.1, 0.15) is 0 Å².